The first-order chi connectivity index (χ1) is 11.1. The molecular formula is C15H12F2N2O3S. The molecule has 23 heavy (non-hydrogen) atoms. The lowest BCUT2D eigenvalue weighted by Gasteiger charge is -2.12. The Kier molecular flexibility index (Phi) is 4.24. The molecule has 0 radical (unpaired) electrons. The number of alkyl halides is 2. The van der Waals surface area contributed by atoms with Crippen LogP contribution in [0.3, 0.4) is 0 Å². The fourth-order valence-electron chi connectivity index (χ4n) is 2.21. The van der Waals surface area contributed by atoms with Crippen molar-refractivity contribution in [2.45, 2.75) is 13.2 Å². The number of fused-ring (bicyclic) bond motifs is 1. The molecule has 0 N–H and O–H groups in total. The molecule has 0 bridgehead atoms. The zero-order valence-corrected chi connectivity index (χ0v) is 12.8. The summed E-state index contributed by atoms with van der Waals surface area (Å²) in [4.78, 5) is 17.2. The summed E-state index contributed by atoms with van der Waals surface area (Å²) in [6.45, 7) is -2.68. The predicted octanol–water partition coefficient (Wildman–Crippen LogP) is 3.12. The summed E-state index contributed by atoms with van der Waals surface area (Å²) >= 11 is 1.40. The van der Waals surface area contributed by atoms with Crippen LogP contribution in [0.25, 0.3) is 10.2 Å². The van der Waals surface area contributed by atoms with E-state index >= 15 is 0 Å². The van der Waals surface area contributed by atoms with Crippen molar-refractivity contribution in [2.24, 2.45) is 0 Å². The van der Waals surface area contributed by atoms with Crippen LogP contribution < -0.4 is 15.0 Å². The summed E-state index contributed by atoms with van der Waals surface area (Å²) in [5, 5.41) is 2.37. The van der Waals surface area contributed by atoms with Crippen LogP contribution in [0.5, 0.6) is 11.5 Å². The number of hydrogen-bond donors (Lipinski definition) is 0. The summed E-state index contributed by atoms with van der Waals surface area (Å²) < 4.78 is 35.5. The predicted molar refractivity (Wildman–Crippen MR) is 82.6 cm³/mol. The normalized spacial score (nSPS) is 11.1. The molecule has 2 aromatic heterocycles. The molecule has 0 aliphatic carbocycles. The number of methoxy groups -OCH3 is 1. The highest BCUT2D eigenvalue weighted by molar-refractivity contribution is 7.16. The van der Waals surface area contributed by atoms with Crippen molar-refractivity contribution in [2.75, 3.05) is 7.11 Å². The molecule has 0 spiro atoms. The van der Waals surface area contributed by atoms with E-state index in [1.165, 1.54) is 35.4 Å². The minimum atomic E-state index is -2.93. The number of rotatable bonds is 5. The molecule has 3 rings (SSSR count). The van der Waals surface area contributed by atoms with Gasteiger partial charge in [-0.3, -0.25) is 9.36 Å². The number of thiophene rings is 1. The van der Waals surface area contributed by atoms with Crippen molar-refractivity contribution >= 4 is 21.6 Å². The van der Waals surface area contributed by atoms with Gasteiger partial charge >= 0.3 is 6.61 Å². The molecule has 0 fully saturated rings. The van der Waals surface area contributed by atoms with E-state index in [0.29, 0.717) is 15.8 Å². The molecule has 0 aliphatic rings. The van der Waals surface area contributed by atoms with Gasteiger partial charge in [0.15, 0.2) is 11.5 Å². The van der Waals surface area contributed by atoms with E-state index in [1.807, 2.05) is 5.38 Å². The number of ether oxygens (including phenoxy) is 2. The van der Waals surface area contributed by atoms with Crippen LogP contribution in [0.4, 0.5) is 8.78 Å². The topological polar surface area (TPSA) is 53.4 Å². The van der Waals surface area contributed by atoms with Crippen molar-refractivity contribution in [3.8, 4) is 11.5 Å². The molecule has 8 heteroatoms. The first-order valence-corrected chi connectivity index (χ1v) is 7.51. The van der Waals surface area contributed by atoms with Crippen LogP contribution in [0.15, 0.2) is 40.8 Å². The summed E-state index contributed by atoms with van der Waals surface area (Å²) in [7, 11) is 1.36. The molecular weight excluding hydrogens is 326 g/mol. The molecule has 0 atom stereocenters. The van der Waals surface area contributed by atoms with Crippen LogP contribution in [0, 0.1) is 0 Å². The summed E-state index contributed by atoms with van der Waals surface area (Å²) in [5.41, 5.74) is 0.560. The maximum Gasteiger partial charge on any atom is 0.387 e. The van der Waals surface area contributed by atoms with E-state index in [-0.39, 0.29) is 23.6 Å². The van der Waals surface area contributed by atoms with Gasteiger partial charge in [0, 0.05) is 0 Å². The lowest BCUT2D eigenvalue weighted by atomic mass is 10.2. The lowest BCUT2D eigenvalue weighted by Crippen LogP contribution is -2.20. The minimum Gasteiger partial charge on any atom is -0.493 e. The van der Waals surface area contributed by atoms with E-state index in [0.717, 1.165) is 0 Å². The molecule has 0 aliphatic heterocycles. The Balaban J connectivity index is 1.92. The van der Waals surface area contributed by atoms with Gasteiger partial charge in [0.25, 0.3) is 5.56 Å². The lowest BCUT2D eigenvalue weighted by molar-refractivity contribution is -0.0512. The number of nitrogens with zero attached hydrogens (tertiary/aromatic N) is 2. The molecule has 0 amide bonds. The van der Waals surface area contributed by atoms with E-state index in [2.05, 4.69) is 9.72 Å². The second-order valence-electron chi connectivity index (χ2n) is 4.68. The Bertz CT molecular complexity index is 892. The van der Waals surface area contributed by atoms with E-state index in [9.17, 15) is 13.6 Å². The molecule has 0 saturated carbocycles. The van der Waals surface area contributed by atoms with Gasteiger partial charge < -0.3 is 9.47 Å². The molecule has 120 valence electrons. The van der Waals surface area contributed by atoms with Gasteiger partial charge in [-0.2, -0.15) is 8.78 Å². The third kappa shape index (κ3) is 3.16. The van der Waals surface area contributed by atoms with Gasteiger partial charge in [-0.1, -0.05) is 6.07 Å². The Hall–Kier alpha value is -2.48. The Morgan fingerprint density at radius 3 is 2.87 bits per heavy atom. The van der Waals surface area contributed by atoms with Crippen molar-refractivity contribution in [1.29, 1.82) is 0 Å². The number of hydrogen-bond acceptors (Lipinski definition) is 5. The van der Waals surface area contributed by atoms with Crippen LogP contribution in [-0.4, -0.2) is 23.3 Å². The number of halogens is 2. The fourth-order valence-corrected chi connectivity index (χ4v) is 2.93. The largest absolute Gasteiger partial charge is 0.493 e. The first kappa shape index (κ1) is 15.4. The van der Waals surface area contributed by atoms with Crippen LogP contribution >= 0.6 is 11.3 Å². The van der Waals surface area contributed by atoms with Gasteiger partial charge in [0.05, 0.1) is 25.4 Å². The van der Waals surface area contributed by atoms with Gasteiger partial charge in [0.2, 0.25) is 0 Å². The second-order valence-corrected chi connectivity index (χ2v) is 5.58. The summed E-state index contributed by atoms with van der Waals surface area (Å²) in [6, 6.07) is 6.28. The van der Waals surface area contributed by atoms with Crippen LogP contribution in [-0.2, 0) is 6.54 Å². The van der Waals surface area contributed by atoms with Crippen molar-refractivity contribution in [1.82, 2.24) is 9.55 Å². The molecule has 1 aromatic carbocycles. The third-order valence-corrected chi connectivity index (χ3v) is 4.07. The average molecular weight is 338 g/mol. The Morgan fingerprint density at radius 1 is 1.30 bits per heavy atom. The number of aromatic nitrogens is 2. The van der Waals surface area contributed by atoms with Gasteiger partial charge in [-0.25, -0.2) is 4.98 Å². The molecule has 3 aromatic rings. The monoisotopic (exact) mass is 338 g/mol. The van der Waals surface area contributed by atoms with Crippen molar-refractivity contribution in [3.63, 3.8) is 0 Å². The zero-order valence-electron chi connectivity index (χ0n) is 12.0. The maximum absolute atomic E-state index is 12.3. The summed E-state index contributed by atoms with van der Waals surface area (Å²) in [6.07, 6.45) is 1.47. The Labute approximate surface area is 133 Å². The summed E-state index contributed by atoms with van der Waals surface area (Å²) in [5.74, 6) is 0.130. The average Bonchev–Trinajstić information content (AvgIpc) is 3.00. The fraction of sp³-hybridized carbons (Fsp3) is 0.200. The zero-order chi connectivity index (χ0) is 16.4. The highest BCUT2D eigenvalue weighted by Gasteiger charge is 2.12. The van der Waals surface area contributed by atoms with Crippen molar-refractivity contribution in [3.05, 3.63) is 51.9 Å². The van der Waals surface area contributed by atoms with E-state index in [4.69, 9.17) is 4.74 Å². The van der Waals surface area contributed by atoms with Gasteiger partial charge in [-0.15, -0.1) is 11.3 Å². The molecule has 5 nitrogen and oxygen atoms in total. The Morgan fingerprint density at radius 2 is 2.13 bits per heavy atom. The first-order valence-electron chi connectivity index (χ1n) is 6.63. The maximum atomic E-state index is 12.3. The molecule has 0 saturated heterocycles. The van der Waals surface area contributed by atoms with Gasteiger partial charge in [-0.05, 0) is 29.1 Å². The quantitative estimate of drug-likeness (QED) is 0.717. The standard InChI is InChI=1S/C15H12F2N2O3S/c1-21-12-6-9(2-3-11(12)22-15(16)17)7-19-8-18-13-10(14(19)20)4-5-23-13/h2-6,8,15H,7H2,1H3. The van der Waals surface area contributed by atoms with Gasteiger partial charge in [0.1, 0.15) is 4.83 Å². The second kappa shape index (κ2) is 6.33. The van der Waals surface area contributed by atoms with Crippen molar-refractivity contribution < 1.29 is 18.3 Å². The molecule has 0 unspecified atom stereocenters. The molecule has 2 heterocycles. The SMILES string of the molecule is COc1cc(Cn2cnc3sccc3c2=O)ccc1OC(F)F. The van der Waals surface area contributed by atoms with E-state index < -0.39 is 6.61 Å². The third-order valence-electron chi connectivity index (χ3n) is 3.25. The number of benzene rings is 1. The van der Waals surface area contributed by atoms with Crippen LogP contribution in [0.2, 0.25) is 0 Å². The van der Waals surface area contributed by atoms with Crippen LogP contribution in [0.1, 0.15) is 5.56 Å². The highest BCUT2D eigenvalue weighted by Crippen LogP contribution is 2.29. The smallest absolute Gasteiger partial charge is 0.387 e. The highest BCUT2D eigenvalue weighted by atomic mass is 32.1. The van der Waals surface area contributed by atoms with E-state index in [1.54, 1.807) is 18.2 Å². The minimum absolute atomic E-state index is 0.0509.